The Labute approximate surface area is 855 Å². The number of ether oxygens (including phenoxy) is 1. The van der Waals surface area contributed by atoms with Gasteiger partial charge in [0.2, 0.25) is 0 Å². The summed E-state index contributed by atoms with van der Waals surface area (Å²) in [5.41, 5.74) is 0.503. The Bertz CT molecular complexity index is 4390. The molecule has 0 bridgehead atoms. The molecule has 1 saturated heterocycles. The number of carbonyl (C=O) groups excluding carboxylic acids is 8. The predicted molar refractivity (Wildman–Crippen MR) is 556 cm³/mol. The van der Waals surface area contributed by atoms with Gasteiger partial charge in [-0.05, 0) is 418 Å². The molecular weight excluding hydrogens is 1780 g/mol. The quantitative estimate of drug-likeness (QED) is 0.0243. The lowest BCUT2D eigenvalue weighted by Gasteiger charge is -2.54. The number of hydrogen-bond donors (Lipinski definition) is 7. The van der Waals surface area contributed by atoms with Crippen molar-refractivity contribution in [2.75, 3.05) is 0 Å². The van der Waals surface area contributed by atoms with Gasteiger partial charge < -0.3 is 59.7 Å². The number of cyclic esters (lactones) is 1. The summed E-state index contributed by atoms with van der Waals surface area (Å²) in [4.78, 5) is 131. The zero-order valence-corrected chi connectivity index (χ0v) is 91.3. The lowest BCUT2D eigenvalue weighted by atomic mass is 9.49. The fraction of sp³-hybridized carbons (Fsp3) is 0.878. The summed E-state index contributed by atoms with van der Waals surface area (Å²) < 4.78 is 6.06. The van der Waals surface area contributed by atoms with Crippen LogP contribution in [0.2, 0.25) is 0 Å². The van der Waals surface area contributed by atoms with Crippen molar-refractivity contribution in [3.63, 3.8) is 0 Å². The second kappa shape index (κ2) is 47.2. The molecule has 16 aliphatic carbocycles. The van der Waals surface area contributed by atoms with E-state index >= 15 is 0 Å². The van der Waals surface area contributed by atoms with Crippen LogP contribution in [0.1, 0.15) is 432 Å². The van der Waals surface area contributed by atoms with Crippen LogP contribution in [0.15, 0.2) is 23.3 Å². The van der Waals surface area contributed by atoms with Crippen LogP contribution in [0.5, 0.6) is 0 Å². The number of carbonyl (C=O) groups is 11. The molecule has 0 aromatic rings. The van der Waals surface area contributed by atoms with Crippen molar-refractivity contribution in [1.82, 2.24) is 0 Å². The number of aliphatic carboxylic acids is 3. The van der Waals surface area contributed by atoms with E-state index in [1.807, 2.05) is 6.92 Å². The summed E-state index contributed by atoms with van der Waals surface area (Å²) in [7, 11) is 0. The van der Waals surface area contributed by atoms with Gasteiger partial charge in [-0.25, -0.2) is 0 Å². The third-order valence-electron chi connectivity index (χ3n) is 46.5. The van der Waals surface area contributed by atoms with Gasteiger partial charge in [0.15, 0.2) is 0 Å². The van der Waals surface area contributed by atoms with Crippen LogP contribution < -0.4 is 0 Å². The van der Waals surface area contributed by atoms with Gasteiger partial charge in [-0.15, -0.1) is 0 Å². The number of fused-ring (bicyclic) bond motifs is 13. The second-order valence-corrected chi connectivity index (χ2v) is 54.3. The number of ketones is 2. The molecule has 0 amide bonds. The fourth-order valence-corrected chi connectivity index (χ4v) is 38.8. The SMILES string of the molecule is CC(C)CCC[C@@H](C)[C@H]1CCC2C1CCC([C@@]1(C)CCCCC(=O)O1)[C@H]2CC=O.CC(C)CCC[C@@H](C)[C@H]1CCC2C3C(C=O)=C4C=CCC[C@]4(C)C3CCC21.C[C@H](CCC(=O)O)[C@H]1CCC2C(C=O)C([C@@]3(C)CC[C@H](O)CC3=O)CC[C@@]21C.C[C@H](CCC(=O)O)[C@H]1CCC2C(CC=O)C([C@@]3(C)CC[C@H](O)CC3=O)CC[C@@]21C.C[C@H](CCC(=O)O)[C@H]1CCC2C3C(CC[C@@]21C)[C@@]1(C)CC[C@H](O)C[C@@]1(O)[C@@H]3C=O. The molecule has 0 radical (unpaired) electrons. The Morgan fingerprint density at radius 3 is 1.39 bits per heavy atom. The van der Waals surface area contributed by atoms with Gasteiger partial charge in [-0.3, -0.25) is 33.6 Å². The van der Waals surface area contributed by atoms with Gasteiger partial charge in [0.05, 0.1) is 23.9 Å². The van der Waals surface area contributed by atoms with Crippen molar-refractivity contribution in [2.24, 2.45) is 215 Å². The number of carboxylic acid groups (broad SMARTS) is 3. The molecule has 0 spiro atoms. The van der Waals surface area contributed by atoms with E-state index in [9.17, 15) is 73.2 Å². The van der Waals surface area contributed by atoms with Crippen LogP contribution in [0.3, 0.4) is 0 Å². The smallest absolute Gasteiger partial charge is 0.306 e. The molecule has 1 heterocycles. The predicted octanol–water partition coefficient (Wildman–Crippen LogP) is 25.3. The highest BCUT2D eigenvalue weighted by atomic mass is 16.6. The maximum atomic E-state index is 13.0. The minimum atomic E-state index is -1.10. The molecule has 40 atom stereocenters. The standard InChI is InChI=1S/C26H44O3.C26H40O.2C24H38O5.C23H36O5/c1-18(2)8-7-9-19(3)20-11-12-22-21(20)13-14-24(23(22)15-17-27)26(4)16-6-5-10-25(28)29-26;1-17(2)8-7-9-18(3)19-11-12-21-20(19)13-14-24-25(21)22(16-27)23-10-5-6-15-26(23,24)4;1-14(4-7-20(27)28)16-5-6-17-21-18(9-10-22(16,17)2)23(3)11-8-15(26)12-24(23,29)19(21)13-25;1-15(4-7-22(28)29)18-5-6-19-17(10-13-25)20(9-12-23(18,19)2)24(3)11-8-16(26)14-21(24)27;1-14(4-7-21(27)28)17-5-6-18-16(13-24)19(9-11-22(17,18)2)23(3)10-8-15(25)12-20(23)26/h17-24H,5-16H2,1-4H3;5,10,16-21,24-25H,6-9,11-15H2,1-4H3;13-19,21,26,29H,4-12H2,1-3H3,(H,27,28);13,15-20,26H,4-12,14H2,1-3H3,(H,28,29);13-19,25H,4-12H2,1-3H3,(H,27,28)/t19-,20-,21?,22?,23+,24?,26-;18-,19-,20?,21?,24?,25?,26+;14-,15+,16-,17?,18?,19-,21?,22-,23-,24-;15-,16+,17?,18-,19?,20?,23-,24-;14-,15+,16?,17-,18?,19?,22-,23-/m11111/s1. The van der Waals surface area contributed by atoms with E-state index in [-0.39, 0.29) is 118 Å². The molecule has 16 unspecified atom stereocenters. The first-order chi connectivity index (χ1) is 67.2. The molecule has 14 saturated carbocycles. The number of esters is 1. The molecule has 15 fully saturated rings. The van der Waals surface area contributed by atoms with E-state index in [1.165, 1.54) is 114 Å². The molecule has 7 N–H and O–H groups in total. The summed E-state index contributed by atoms with van der Waals surface area (Å²) in [6.45, 7) is 38.8. The van der Waals surface area contributed by atoms with Gasteiger partial charge in [0.25, 0.3) is 0 Å². The Morgan fingerprint density at radius 2 is 0.880 bits per heavy atom. The van der Waals surface area contributed by atoms with Crippen LogP contribution in [0.25, 0.3) is 0 Å². The minimum Gasteiger partial charge on any atom is -0.481 e. The average Bonchev–Trinajstić information content (AvgIpc) is 1.51. The number of allylic oxidation sites excluding steroid dienone is 4. The second-order valence-electron chi connectivity index (χ2n) is 54.3. The lowest BCUT2D eigenvalue weighted by molar-refractivity contribution is -0.170. The average molecular weight is 1980 g/mol. The Balaban J connectivity index is 0.000000149. The van der Waals surface area contributed by atoms with Crippen molar-refractivity contribution in [2.45, 2.75) is 462 Å². The highest BCUT2D eigenvalue weighted by Gasteiger charge is 2.73. The number of aldehydes is 5. The van der Waals surface area contributed by atoms with Crippen LogP contribution >= 0.6 is 0 Å². The highest BCUT2D eigenvalue weighted by Crippen LogP contribution is 2.75. The van der Waals surface area contributed by atoms with Crippen LogP contribution in [0, 0.1) is 215 Å². The van der Waals surface area contributed by atoms with Crippen molar-refractivity contribution in [3.8, 4) is 0 Å². The molecule has 17 rings (SSSR count). The van der Waals surface area contributed by atoms with E-state index in [2.05, 4.69) is 123 Å². The molecule has 17 aliphatic rings. The lowest BCUT2D eigenvalue weighted by Crippen LogP contribution is -2.54. The first-order valence-corrected chi connectivity index (χ1v) is 58.5. The number of Topliss-reactive ketones (excluding diaryl/α,β-unsaturated/α-hetero) is 2. The third-order valence-corrected chi connectivity index (χ3v) is 46.5. The van der Waals surface area contributed by atoms with Gasteiger partial charge in [-0.2, -0.15) is 0 Å². The Hall–Kier alpha value is -5.11. The summed E-state index contributed by atoms with van der Waals surface area (Å²) in [5, 5.41) is 69.1. The highest BCUT2D eigenvalue weighted by molar-refractivity contribution is 5.87. The van der Waals surface area contributed by atoms with Gasteiger partial charge in [0, 0.05) is 91.8 Å². The Kier molecular flexibility index (Phi) is 37.9. The zero-order valence-electron chi connectivity index (χ0n) is 91.3. The molecule has 802 valence electrons. The van der Waals surface area contributed by atoms with E-state index in [0.29, 0.717) is 148 Å². The maximum Gasteiger partial charge on any atom is 0.306 e. The van der Waals surface area contributed by atoms with Crippen LogP contribution in [-0.4, -0.2) is 132 Å². The molecule has 19 heteroatoms. The van der Waals surface area contributed by atoms with E-state index in [0.717, 1.165) is 200 Å². The van der Waals surface area contributed by atoms with Crippen LogP contribution in [-0.2, 0) is 57.5 Å². The van der Waals surface area contributed by atoms with E-state index in [1.54, 1.807) is 0 Å². The third kappa shape index (κ3) is 22.8. The monoisotopic (exact) mass is 1980 g/mol. The molecule has 0 aromatic carbocycles. The number of carboxylic acids is 3. The molecule has 1 aliphatic heterocycles. The number of rotatable bonds is 32. The fourth-order valence-electron chi connectivity index (χ4n) is 38.8. The molecule has 142 heavy (non-hydrogen) atoms. The molecule has 0 aromatic heterocycles. The number of hydrogen-bond acceptors (Lipinski definition) is 16. The molecule has 19 nitrogen and oxygen atoms in total. The minimum absolute atomic E-state index is 0.0277. The first kappa shape index (κ1) is 114. The topological polar surface area (TPSA) is 339 Å². The van der Waals surface area contributed by atoms with E-state index in [4.69, 9.17) is 20.1 Å². The first-order valence-electron chi connectivity index (χ1n) is 58.5. The zero-order chi connectivity index (χ0) is 103. The Morgan fingerprint density at radius 1 is 0.423 bits per heavy atom. The van der Waals surface area contributed by atoms with Gasteiger partial charge in [0.1, 0.15) is 48.6 Å². The van der Waals surface area contributed by atoms with E-state index < -0.39 is 58.6 Å². The maximum absolute atomic E-state index is 13.0. The largest absolute Gasteiger partial charge is 0.481 e. The van der Waals surface area contributed by atoms with Crippen molar-refractivity contribution >= 4 is 66.9 Å². The summed E-state index contributed by atoms with van der Waals surface area (Å²) >= 11 is 0. The normalized spacial score (nSPS) is 44.2. The van der Waals surface area contributed by atoms with Gasteiger partial charge >= 0.3 is 23.9 Å². The van der Waals surface area contributed by atoms with Crippen LogP contribution in [0.4, 0.5) is 0 Å². The summed E-state index contributed by atoms with van der Waals surface area (Å²) in [6, 6.07) is 0. The number of aliphatic hydroxyl groups is 4. The molecular formula is C123H196O19. The van der Waals surface area contributed by atoms with Crippen molar-refractivity contribution < 1.29 is 93.2 Å². The number of aliphatic hydroxyl groups excluding tert-OH is 3. The summed E-state index contributed by atoms with van der Waals surface area (Å²) in [6.07, 6.45) is 54.6. The summed E-state index contributed by atoms with van der Waals surface area (Å²) in [5.74, 6) is 12.3. The van der Waals surface area contributed by atoms with Crippen molar-refractivity contribution in [3.05, 3.63) is 23.3 Å². The van der Waals surface area contributed by atoms with Crippen molar-refractivity contribution in [1.29, 1.82) is 0 Å². The van der Waals surface area contributed by atoms with Gasteiger partial charge in [-0.1, -0.05) is 161 Å².